The van der Waals surface area contributed by atoms with Crippen molar-refractivity contribution in [2.75, 3.05) is 44.3 Å². The van der Waals surface area contributed by atoms with Gasteiger partial charge in [0.25, 0.3) is 0 Å². The number of nitrogens with one attached hydrogen (secondary N) is 1. The molecule has 11 heteroatoms. The summed E-state index contributed by atoms with van der Waals surface area (Å²) in [5.41, 5.74) is -0.203. The fourth-order valence-corrected chi connectivity index (χ4v) is 5.08. The molecular formula is C20H22F3N3O3S2. The van der Waals surface area contributed by atoms with Crippen LogP contribution in [0.4, 0.5) is 18.9 Å². The molecule has 6 nitrogen and oxygen atoms in total. The number of alkyl halides is 3. The fourth-order valence-electron chi connectivity index (χ4n) is 3.20. The van der Waals surface area contributed by atoms with Crippen molar-refractivity contribution in [2.24, 2.45) is 0 Å². The van der Waals surface area contributed by atoms with Gasteiger partial charge < -0.3 is 5.32 Å². The third kappa shape index (κ3) is 6.00. The quantitative estimate of drug-likeness (QED) is 0.652. The summed E-state index contributed by atoms with van der Waals surface area (Å²) in [4.78, 5) is 15.0. The Bertz CT molecular complexity index is 1020. The number of carbonyl (C=O) groups is 1. The summed E-state index contributed by atoms with van der Waals surface area (Å²) in [6, 6.07) is 10.9. The van der Waals surface area contributed by atoms with Crippen LogP contribution in [0.25, 0.3) is 0 Å². The van der Waals surface area contributed by atoms with Gasteiger partial charge in [0.1, 0.15) is 0 Å². The van der Waals surface area contributed by atoms with Gasteiger partial charge in [0.05, 0.1) is 17.0 Å². The molecule has 0 unspecified atom stereocenters. The van der Waals surface area contributed by atoms with E-state index in [0.717, 1.165) is 29.2 Å². The van der Waals surface area contributed by atoms with Crippen LogP contribution in [-0.2, 0) is 21.0 Å². The molecule has 1 heterocycles. The van der Waals surface area contributed by atoms with Crippen molar-refractivity contribution >= 4 is 33.4 Å². The Kier molecular flexibility index (Phi) is 7.30. The Morgan fingerprint density at radius 3 is 2.29 bits per heavy atom. The van der Waals surface area contributed by atoms with Gasteiger partial charge >= 0.3 is 6.18 Å². The topological polar surface area (TPSA) is 69.7 Å². The van der Waals surface area contributed by atoms with Crippen molar-refractivity contribution in [3.8, 4) is 0 Å². The number of halogens is 3. The molecule has 2 aromatic carbocycles. The molecule has 1 aliphatic heterocycles. The van der Waals surface area contributed by atoms with Crippen LogP contribution >= 0.6 is 11.8 Å². The number of amides is 1. The van der Waals surface area contributed by atoms with Crippen LogP contribution < -0.4 is 5.32 Å². The van der Waals surface area contributed by atoms with Crippen LogP contribution in [0.2, 0.25) is 0 Å². The van der Waals surface area contributed by atoms with E-state index in [1.54, 1.807) is 17.8 Å². The standard InChI is InChI=1S/C20H22F3N3O3S2/c1-30-17-4-2-3-16(13-17)24-19(27)14-25-9-11-26(12-10-25)31(28,29)18-7-5-15(6-8-18)20(21,22)23/h2-8,13H,9-12,14H2,1H3,(H,24,27). The van der Waals surface area contributed by atoms with E-state index in [0.29, 0.717) is 18.8 Å². The molecule has 1 amide bonds. The molecule has 0 spiro atoms. The monoisotopic (exact) mass is 473 g/mol. The zero-order chi connectivity index (χ0) is 22.6. The molecule has 1 fully saturated rings. The van der Waals surface area contributed by atoms with Gasteiger partial charge in [-0.05, 0) is 48.7 Å². The lowest BCUT2D eigenvalue weighted by Gasteiger charge is -2.33. The number of anilines is 1. The number of carbonyl (C=O) groups excluding carboxylic acids is 1. The van der Waals surface area contributed by atoms with Crippen LogP contribution in [0.1, 0.15) is 5.56 Å². The van der Waals surface area contributed by atoms with Crippen molar-refractivity contribution in [2.45, 2.75) is 16.0 Å². The molecule has 1 N–H and O–H groups in total. The molecular weight excluding hydrogens is 451 g/mol. The molecule has 1 aliphatic rings. The van der Waals surface area contributed by atoms with Crippen LogP contribution in [0.5, 0.6) is 0 Å². The van der Waals surface area contributed by atoms with E-state index in [1.807, 2.05) is 29.4 Å². The predicted octanol–water partition coefficient (Wildman–Crippen LogP) is 3.37. The number of piperazine rings is 1. The maximum atomic E-state index is 12.7. The SMILES string of the molecule is CSc1cccc(NC(=O)CN2CCN(S(=O)(=O)c3ccc(C(F)(F)F)cc3)CC2)c1. The molecule has 31 heavy (non-hydrogen) atoms. The van der Waals surface area contributed by atoms with E-state index >= 15 is 0 Å². The maximum absolute atomic E-state index is 12.7. The van der Waals surface area contributed by atoms with Crippen LogP contribution in [-0.4, -0.2) is 62.5 Å². The normalized spacial score (nSPS) is 16.3. The predicted molar refractivity (Wildman–Crippen MR) is 113 cm³/mol. The first-order valence-corrected chi connectivity index (χ1v) is 12.1. The summed E-state index contributed by atoms with van der Waals surface area (Å²) in [5, 5.41) is 2.83. The first-order chi connectivity index (χ1) is 14.6. The Morgan fingerprint density at radius 1 is 1.06 bits per heavy atom. The number of hydrogen-bond donors (Lipinski definition) is 1. The van der Waals surface area contributed by atoms with Crippen molar-refractivity contribution in [1.82, 2.24) is 9.21 Å². The Hall–Kier alpha value is -2.08. The van der Waals surface area contributed by atoms with Gasteiger partial charge in [0, 0.05) is 36.8 Å². The van der Waals surface area contributed by atoms with Crippen molar-refractivity contribution < 1.29 is 26.4 Å². The number of nitrogens with zero attached hydrogens (tertiary/aromatic N) is 2. The zero-order valence-electron chi connectivity index (χ0n) is 16.7. The third-order valence-corrected chi connectivity index (χ3v) is 7.51. The maximum Gasteiger partial charge on any atom is 0.416 e. The lowest BCUT2D eigenvalue weighted by molar-refractivity contribution is -0.137. The lowest BCUT2D eigenvalue weighted by atomic mass is 10.2. The van der Waals surface area contributed by atoms with E-state index in [2.05, 4.69) is 5.32 Å². The summed E-state index contributed by atoms with van der Waals surface area (Å²) in [5.74, 6) is -0.197. The van der Waals surface area contributed by atoms with Gasteiger partial charge in [-0.25, -0.2) is 8.42 Å². The van der Waals surface area contributed by atoms with Gasteiger partial charge in [-0.3, -0.25) is 9.69 Å². The first-order valence-electron chi connectivity index (χ1n) is 9.43. The van der Waals surface area contributed by atoms with E-state index in [1.165, 1.54) is 4.31 Å². The molecule has 0 atom stereocenters. The second-order valence-corrected chi connectivity index (χ2v) is 9.80. The number of hydrogen-bond acceptors (Lipinski definition) is 5. The molecule has 0 aromatic heterocycles. The van der Waals surface area contributed by atoms with Gasteiger partial charge in [0.15, 0.2) is 0 Å². The minimum absolute atomic E-state index is 0.123. The smallest absolute Gasteiger partial charge is 0.325 e. The van der Waals surface area contributed by atoms with Crippen LogP contribution in [0.15, 0.2) is 58.3 Å². The number of thioether (sulfide) groups is 1. The largest absolute Gasteiger partial charge is 0.416 e. The average Bonchev–Trinajstić information content (AvgIpc) is 2.73. The number of benzene rings is 2. The van der Waals surface area contributed by atoms with E-state index in [4.69, 9.17) is 0 Å². The molecule has 168 valence electrons. The van der Waals surface area contributed by atoms with Crippen molar-refractivity contribution in [3.05, 3.63) is 54.1 Å². The highest BCUT2D eigenvalue weighted by Crippen LogP contribution is 2.30. The number of sulfonamides is 1. The first kappa shape index (κ1) is 23.6. The molecule has 0 saturated carbocycles. The Balaban J connectivity index is 1.55. The molecule has 0 bridgehead atoms. The van der Waals surface area contributed by atoms with E-state index in [-0.39, 0.29) is 30.4 Å². The summed E-state index contributed by atoms with van der Waals surface area (Å²) >= 11 is 1.57. The van der Waals surface area contributed by atoms with Crippen molar-refractivity contribution in [3.63, 3.8) is 0 Å². The van der Waals surface area contributed by atoms with E-state index in [9.17, 15) is 26.4 Å². The minimum atomic E-state index is -4.52. The summed E-state index contributed by atoms with van der Waals surface area (Å²) in [6.45, 7) is 1.12. The summed E-state index contributed by atoms with van der Waals surface area (Å²) in [7, 11) is -3.90. The van der Waals surface area contributed by atoms with Crippen LogP contribution in [0.3, 0.4) is 0 Å². The second kappa shape index (κ2) is 9.60. The van der Waals surface area contributed by atoms with Crippen LogP contribution in [0, 0.1) is 0 Å². The van der Waals surface area contributed by atoms with Gasteiger partial charge in [0.2, 0.25) is 15.9 Å². The molecule has 1 saturated heterocycles. The number of rotatable bonds is 6. The Morgan fingerprint density at radius 2 is 1.71 bits per heavy atom. The highest BCUT2D eigenvalue weighted by Gasteiger charge is 2.32. The third-order valence-electron chi connectivity index (χ3n) is 4.87. The van der Waals surface area contributed by atoms with Crippen molar-refractivity contribution in [1.29, 1.82) is 0 Å². The zero-order valence-corrected chi connectivity index (χ0v) is 18.4. The molecule has 3 rings (SSSR count). The summed E-state index contributed by atoms with van der Waals surface area (Å²) < 4.78 is 64.8. The highest BCUT2D eigenvalue weighted by molar-refractivity contribution is 7.98. The highest BCUT2D eigenvalue weighted by atomic mass is 32.2. The molecule has 0 radical (unpaired) electrons. The van der Waals surface area contributed by atoms with Gasteiger partial charge in [-0.15, -0.1) is 11.8 Å². The Labute approximate surface area is 183 Å². The second-order valence-electron chi connectivity index (χ2n) is 6.98. The summed E-state index contributed by atoms with van der Waals surface area (Å²) in [6.07, 6.45) is -2.58. The fraction of sp³-hybridized carbons (Fsp3) is 0.350. The molecule has 2 aromatic rings. The molecule has 0 aliphatic carbocycles. The van der Waals surface area contributed by atoms with E-state index < -0.39 is 21.8 Å². The lowest BCUT2D eigenvalue weighted by Crippen LogP contribution is -2.50. The minimum Gasteiger partial charge on any atom is -0.325 e. The van der Waals surface area contributed by atoms with Gasteiger partial charge in [-0.1, -0.05) is 6.07 Å². The van der Waals surface area contributed by atoms with Gasteiger partial charge in [-0.2, -0.15) is 17.5 Å². The average molecular weight is 474 g/mol.